The second-order valence-electron chi connectivity index (χ2n) is 9.91. The number of cyclic esters (lactones) is 1. The lowest BCUT2D eigenvalue weighted by molar-refractivity contribution is -0.143. The Morgan fingerprint density at radius 1 is 1.14 bits per heavy atom. The Labute approximate surface area is 167 Å². The molecule has 1 aliphatic carbocycles. The van der Waals surface area contributed by atoms with Crippen LogP contribution in [0, 0.1) is 5.92 Å². The van der Waals surface area contributed by atoms with E-state index < -0.39 is 0 Å². The number of carbonyl (C=O) groups is 2. The van der Waals surface area contributed by atoms with E-state index in [2.05, 4.69) is 50.4 Å². The van der Waals surface area contributed by atoms with Crippen molar-refractivity contribution < 1.29 is 14.3 Å². The number of nitrogens with one attached hydrogen (secondary N) is 1. The van der Waals surface area contributed by atoms with Gasteiger partial charge < -0.3 is 15.0 Å². The lowest BCUT2D eigenvalue weighted by atomic mass is 9.65. The molecule has 2 heterocycles. The molecule has 1 atom stereocenters. The van der Waals surface area contributed by atoms with E-state index in [9.17, 15) is 9.59 Å². The van der Waals surface area contributed by atoms with Crippen LogP contribution in [0.4, 0.5) is 4.79 Å². The Morgan fingerprint density at radius 3 is 2.25 bits per heavy atom. The maximum absolute atomic E-state index is 12.9. The van der Waals surface area contributed by atoms with Crippen LogP contribution in [-0.2, 0) is 14.9 Å². The molecule has 0 unspecified atom stereocenters. The maximum atomic E-state index is 12.9. The number of hydrogen-bond donors (Lipinski definition) is 1. The van der Waals surface area contributed by atoms with E-state index in [1.807, 2.05) is 11.8 Å². The Kier molecular flexibility index (Phi) is 4.67. The fourth-order valence-corrected chi connectivity index (χ4v) is 4.98. The van der Waals surface area contributed by atoms with Crippen LogP contribution in [0.5, 0.6) is 0 Å². The molecule has 4 rings (SSSR count). The predicted octanol–water partition coefficient (Wildman–Crippen LogP) is 3.97. The number of ether oxygens (including phenoxy) is 1. The van der Waals surface area contributed by atoms with Crippen LogP contribution in [0.1, 0.15) is 70.4 Å². The van der Waals surface area contributed by atoms with Gasteiger partial charge in [0, 0.05) is 19.0 Å². The molecule has 3 fully saturated rings. The van der Waals surface area contributed by atoms with E-state index in [0.717, 1.165) is 25.9 Å². The lowest BCUT2D eigenvalue weighted by Gasteiger charge is -2.47. The summed E-state index contributed by atoms with van der Waals surface area (Å²) in [7, 11) is 0. The first-order valence-electron chi connectivity index (χ1n) is 10.6. The number of amides is 2. The van der Waals surface area contributed by atoms with Crippen LogP contribution in [0.2, 0.25) is 0 Å². The van der Waals surface area contributed by atoms with Crippen molar-refractivity contribution in [3.63, 3.8) is 0 Å². The molecular weight excluding hydrogens is 352 g/mol. The smallest absolute Gasteiger partial charge is 0.408 e. The minimum absolute atomic E-state index is 0.0204. The number of likely N-dealkylation sites (tertiary alicyclic amines) is 1. The van der Waals surface area contributed by atoms with Crippen LogP contribution in [-0.4, -0.2) is 41.6 Å². The molecule has 2 amide bonds. The average molecular weight is 385 g/mol. The summed E-state index contributed by atoms with van der Waals surface area (Å²) in [5, 5.41) is 2.92. The molecule has 0 aromatic heterocycles. The van der Waals surface area contributed by atoms with Gasteiger partial charge in [0.2, 0.25) is 5.91 Å². The molecule has 1 N–H and O–H groups in total. The van der Waals surface area contributed by atoms with E-state index >= 15 is 0 Å². The van der Waals surface area contributed by atoms with E-state index in [-0.39, 0.29) is 35.0 Å². The molecule has 5 heteroatoms. The number of nitrogens with zero attached hydrogens (tertiary/aromatic N) is 1. The first-order valence-corrected chi connectivity index (χ1v) is 10.6. The van der Waals surface area contributed by atoms with Crippen molar-refractivity contribution >= 4 is 12.0 Å². The van der Waals surface area contributed by atoms with Crippen molar-refractivity contribution in [2.75, 3.05) is 13.1 Å². The third-order valence-corrected chi connectivity index (χ3v) is 7.04. The molecule has 3 aliphatic rings. The molecule has 0 bridgehead atoms. The maximum Gasteiger partial charge on any atom is 0.408 e. The third-order valence-electron chi connectivity index (χ3n) is 7.04. The van der Waals surface area contributed by atoms with Crippen LogP contribution < -0.4 is 5.32 Å². The lowest BCUT2D eigenvalue weighted by Crippen LogP contribution is -2.61. The second kappa shape index (κ2) is 6.78. The van der Waals surface area contributed by atoms with Crippen molar-refractivity contribution in [3.05, 3.63) is 35.4 Å². The summed E-state index contributed by atoms with van der Waals surface area (Å²) in [6.45, 7) is 10.3. The second-order valence-corrected chi connectivity index (χ2v) is 9.91. The van der Waals surface area contributed by atoms with Gasteiger partial charge in [-0.25, -0.2) is 4.79 Å². The Balaban J connectivity index is 1.30. The van der Waals surface area contributed by atoms with Crippen LogP contribution in [0.25, 0.3) is 0 Å². The van der Waals surface area contributed by atoms with Crippen molar-refractivity contribution in [3.8, 4) is 0 Å². The first-order chi connectivity index (χ1) is 13.2. The van der Waals surface area contributed by atoms with Gasteiger partial charge in [0.25, 0.3) is 0 Å². The van der Waals surface area contributed by atoms with Crippen molar-refractivity contribution in [2.45, 2.75) is 76.4 Å². The minimum Gasteiger partial charge on any atom is -0.444 e. The van der Waals surface area contributed by atoms with Crippen LogP contribution in [0.3, 0.4) is 0 Å². The fraction of sp³-hybridized carbons (Fsp3) is 0.652. The highest BCUT2D eigenvalue weighted by molar-refractivity contribution is 5.82. The summed E-state index contributed by atoms with van der Waals surface area (Å²) in [6.07, 6.45) is 2.95. The van der Waals surface area contributed by atoms with Crippen LogP contribution >= 0.6 is 0 Å². The summed E-state index contributed by atoms with van der Waals surface area (Å²) in [5.41, 5.74) is 2.61. The average Bonchev–Trinajstić information content (AvgIpc) is 2.93. The molecule has 152 valence electrons. The highest BCUT2D eigenvalue weighted by Gasteiger charge is 2.57. The normalized spacial score (nSPS) is 30.7. The molecule has 28 heavy (non-hydrogen) atoms. The van der Waals surface area contributed by atoms with E-state index in [4.69, 9.17) is 4.74 Å². The van der Waals surface area contributed by atoms with Gasteiger partial charge in [-0.15, -0.1) is 0 Å². The largest absolute Gasteiger partial charge is 0.444 e. The predicted molar refractivity (Wildman–Crippen MR) is 108 cm³/mol. The molecule has 1 aromatic carbocycles. The van der Waals surface area contributed by atoms with Crippen molar-refractivity contribution in [1.29, 1.82) is 0 Å². The summed E-state index contributed by atoms with van der Waals surface area (Å²) < 4.78 is 5.21. The summed E-state index contributed by atoms with van der Waals surface area (Å²) in [6, 6.07) is 9.03. The van der Waals surface area contributed by atoms with Gasteiger partial charge in [-0.2, -0.15) is 0 Å². The number of hydrogen-bond acceptors (Lipinski definition) is 3. The zero-order valence-electron chi connectivity index (χ0n) is 17.5. The van der Waals surface area contributed by atoms with Gasteiger partial charge in [0.15, 0.2) is 0 Å². The topological polar surface area (TPSA) is 58.6 Å². The summed E-state index contributed by atoms with van der Waals surface area (Å²) in [5.74, 6) is 0.806. The van der Waals surface area contributed by atoms with Gasteiger partial charge >= 0.3 is 6.09 Å². The number of alkyl carbamates (subject to hydrolysis) is 1. The molecule has 2 saturated heterocycles. The van der Waals surface area contributed by atoms with Crippen LogP contribution in [0.15, 0.2) is 24.3 Å². The third kappa shape index (κ3) is 3.40. The molecule has 5 nitrogen and oxygen atoms in total. The number of piperidine rings is 1. The number of carbonyl (C=O) groups excluding carboxylic acids is 2. The number of benzene rings is 1. The summed E-state index contributed by atoms with van der Waals surface area (Å²) in [4.78, 5) is 26.4. The SMILES string of the molecule is C[C@@H]1OC(=O)NC12CC(C(=O)N1CCC(c3ccc(C(C)(C)C)cc3)CC1)C2. The van der Waals surface area contributed by atoms with E-state index in [1.165, 1.54) is 11.1 Å². The fourth-order valence-electron chi connectivity index (χ4n) is 4.98. The first kappa shape index (κ1) is 19.3. The van der Waals surface area contributed by atoms with E-state index in [1.54, 1.807) is 0 Å². The van der Waals surface area contributed by atoms with Gasteiger partial charge in [0.1, 0.15) is 6.10 Å². The Morgan fingerprint density at radius 2 is 1.75 bits per heavy atom. The molecule has 1 aromatic rings. The zero-order valence-corrected chi connectivity index (χ0v) is 17.5. The zero-order chi connectivity index (χ0) is 20.1. The van der Waals surface area contributed by atoms with E-state index in [0.29, 0.717) is 18.8 Å². The minimum atomic E-state index is -0.350. The van der Waals surface area contributed by atoms with Gasteiger partial charge in [-0.1, -0.05) is 45.0 Å². The molecule has 1 spiro atoms. The molecule has 0 radical (unpaired) electrons. The monoisotopic (exact) mass is 384 g/mol. The van der Waals surface area contributed by atoms with Gasteiger partial charge in [0.05, 0.1) is 5.54 Å². The number of rotatable bonds is 2. The molecular formula is C23H32N2O3. The van der Waals surface area contributed by atoms with Gasteiger partial charge in [-0.05, 0) is 55.1 Å². The van der Waals surface area contributed by atoms with Crippen molar-refractivity contribution in [2.24, 2.45) is 5.92 Å². The standard InChI is InChI=1S/C23H32N2O3/c1-15-23(24-21(27)28-15)13-18(14-23)20(26)25-11-9-17(10-12-25)16-5-7-19(8-6-16)22(2,3)4/h5-8,15,17-18H,9-14H2,1-4H3,(H,24,27)/t15-,18?,23?/m0/s1. The molecule has 1 saturated carbocycles. The Bertz CT molecular complexity index is 751. The highest BCUT2D eigenvalue weighted by Crippen LogP contribution is 2.45. The van der Waals surface area contributed by atoms with Crippen molar-refractivity contribution in [1.82, 2.24) is 10.2 Å². The Hall–Kier alpha value is -2.04. The van der Waals surface area contributed by atoms with Gasteiger partial charge in [-0.3, -0.25) is 4.79 Å². The summed E-state index contributed by atoms with van der Waals surface area (Å²) >= 11 is 0. The quantitative estimate of drug-likeness (QED) is 0.839. The molecule has 2 aliphatic heterocycles. The highest BCUT2D eigenvalue weighted by atomic mass is 16.6.